The van der Waals surface area contributed by atoms with Gasteiger partial charge < -0.3 is 9.84 Å². The van der Waals surface area contributed by atoms with E-state index in [2.05, 4.69) is 4.74 Å². The Kier molecular flexibility index (Phi) is 4.76. The van der Waals surface area contributed by atoms with Crippen molar-refractivity contribution in [1.29, 1.82) is 0 Å². The van der Waals surface area contributed by atoms with Gasteiger partial charge in [0.05, 0.1) is 19.3 Å². The van der Waals surface area contributed by atoms with E-state index in [1.54, 1.807) is 6.08 Å². The number of rotatable bonds is 4. The highest BCUT2D eigenvalue weighted by atomic mass is 16.6. The maximum absolute atomic E-state index is 11.1. The Morgan fingerprint density at radius 2 is 2.31 bits per heavy atom. The van der Waals surface area contributed by atoms with Crippen molar-refractivity contribution < 1.29 is 19.8 Å². The summed E-state index contributed by atoms with van der Waals surface area (Å²) in [5.41, 5.74) is 0. The maximum Gasteiger partial charge on any atom is 0.434 e. The number of nitrogens with zero attached hydrogens (tertiary/aromatic N) is 1. The van der Waals surface area contributed by atoms with Gasteiger partial charge in [-0.1, -0.05) is 25.5 Å². The molecule has 1 aliphatic carbocycles. The van der Waals surface area contributed by atoms with Crippen molar-refractivity contribution in [2.75, 3.05) is 7.11 Å². The summed E-state index contributed by atoms with van der Waals surface area (Å²) in [4.78, 5) is 11.1. The van der Waals surface area contributed by atoms with E-state index in [-0.39, 0.29) is 5.92 Å². The third-order valence-electron chi connectivity index (χ3n) is 2.85. The molecular weight excluding hydrogens is 210 g/mol. The monoisotopic (exact) mass is 229 g/mol. The van der Waals surface area contributed by atoms with Crippen LogP contribution in [0.2, 0.25) is 0 Å². The van der Waals surface area contributed by atoms with Gasteiger partial charge in [-0.05, 0) is 12.8 Å². The SMILES string of the molecule is CCCC(O)[C@@H]1C=C[C@H](N(O)C(=O)OC)C1. The molecule has 92 valence electrons. The van der Waals surface area contributed by atoms with Crippen LogP contribution in [0.1, 0.15) is 26.2 Å². The molecule has 5 nitrogen and oxygen atoms in total. The van der Waals surface area contributed by atoms with E-state index < -0.39 is 18.2 Å². The Morgan fingerprint density at radius 3 is 2.88 bits per heavy atom. The molecule has 0 aromatic heterocycles. The lowest BCUT2D eigenvalue weighted by molar-refractivity contribution is -0.0915. The minimum Gasteiger partial charge on any atom is -0.451 e. The van der Waals surface area contributed by atoms with E-state index >= 15 is 0 Å². The highest BCUT2D eigenvalue weighted by molar-refractivity contribution is 5.66. The predicted molar refractivity (Wildman–Crippen MR) is 58.0 cm³/mol. The molecule has 0 fully saturated rings. The van der Waals surface area contributed by atoms with Crippen molar-refractivity contribution >= 4 is 6.09 Å². The topological polar surface area (TPSA) is 70.0 Å². The number of carbonyl (C=O) groups is 1. The largest absolute Gasteiger partial charge is 0.451 e. The summed E-state index contributed by atoms with van der Waals surface area (Å²) in [6.45, 7) is 2.01. The quantitative estimate of drug-likeness (QED) is 0.436. The van der Waals surface area contributed by atoms with E-state index in [0.29, 0.717) is 11.5 Å². The van der Waals surface area contributed by atoms with Crippen LogP contribution < -0.4 is 0 Å². The molecule has 0 saturated heterocycles. The zero-order valence-electron chi connectivity index (χ0n) is 9.67. The number of amides is 1. The second kappa shape index (κ2) is 5.86. The second-order valence-electron chi connectivity index (χ2n) is 4.02. The van der Waals surface area contributed by atoms with Gasteiger partial charge in [0.1, 0.15) is 0 Å². The third-order valence-corrected chi connectivity index (χ3v) is 2.85. The van der Waals surface area contributed by atoms with E-state index in [1.807, 2.05) is 13.0 Å². The highest BCUT2D eigenvalue weighted by Crippen LogP contribution is 2.26. The van der Waals surface area contributed by atoms with E-state index in [9.17, 15) is 15.1 Å². The number of hydrogen-bond donors (Lipinski definition) is 2. The van der Waals surface area contributed by atoms with Crippen LogP contribution in [0.4, 0.5) is 4.79 Å². The molecule has 1 rings (SSSR count). The molecule has 0 heterocycles. The summed E-state index contributed by atoms with van der Waals surface area (Å²) in [7, 11) is 1.22. The smallest absolute Gasteiger partial charge is 0.434 e. The average molecular weight is 229 g/mol. The average Bonchev–Trinajstić information content (AvgIpc) is 2.76. The number of aliphatic hydroxyl groups is 1. The minimum atomic E-state index is -0.778. The van der Waals surface area contributed by atoms with Crippen LogP contribution in [0.5, 0.6) is 0 Å². The van der Waals surface area contributed by atoms with E-state index in [0.717, 1.165) is 12.8 Å². The Bertz CT molecular complexity index is 267. The number of carbonyl (C=O) groups excluding carboxylic acids is 1. The molecule has 1 aliphatic rings. The van der Waals surface area contributed by atoms with Crippen LogP contribution >= 0.6 is 0 Å². The van der Waals surface area contributed by atoms with E-state index in [4.69, 9.17) is 0 Å². The fraction of sp³-hybridized carbons (Fsp3) is 0.727. The molecule has 0 bridgehead atoms. The van der Waals surface area contributed by atoms with Crippen molar-refractivity contribution in [3.05, 3.63) is 12.2 Å². The third kappa shape index (κ3) is 2.96. The fourth-order valence-electron chi connectivity index (χ4n) is 1.91. The lowest BCUT2D eigenvalue weighted by atomic mass is 9.97. The molecule has 0 radical (unpaired) electrons. The fourth-order valence-corrected chi connectivity index (χ4v) is 1.91. The van der Waals surface area contributed by atoms with Crippen LogP contribution in [-0.4, -0.2) is 40.7 Å². The number of methoxy groups -OCH3 is 1. The predicted octanol–water partition coefficient (Wildman–Crippen LogP) is 1.55. The summed E-state index contributed by atoms with van der Waals surface area (Å²) in [6, 6.07) is -0.399. The van der Waals surface area contributed by atoms with Gasteiger partial charge in [-0.2, -0.15) is 5.06 Å². The lowest BCUT2D eigenvalue weighted by Crippen LogP contribution is -2.36. The highest BCUT2D eigenvalue weighted by Gasteiger charge is 2.30. The van der Waals surface area contributed by atoms with Gasteiger partial charge in [0.2, 0.25) is 0 Å². The molecule has 0 aromatic rings. The van der Waals surface area contributed by atoms with Crippen LogP contribution in [0, 0.1) is 5.92 Å². The number of hydrogen-bond acceptors (Lipinski definition) is 4. The van der Waals surface area contributed by atoms with Gasteiger partial charge in [0.15, 0.2) is 0 Å². The maximum atomic E-state index is 11.1. The summed E-state index contributed by atoms with van der Waals surface area (Å²) in [6.07, 6.45) is 4.56. The summed E-state index contributed by atoms with van der Waals surface area (Å²) in [5, 5.41) is 19.8. The lowest BCUT2D eigenvalue weighted by Gasteiger charge is -2.22. The first-order valence-corrected chi connectivity index (χ1v) is 5.52. The van der Waals surface area contributed by atoms with Gasteiger partial charge in [-0.15, -0.1) is 0 Å². The van der Waals surface area contributed by atoms with E-state index in [1.165, 1.54) is 7.11 Å². The van der Waals surface area contributed by atoms with Crippen LogP contribution in [-0.2, 0) is 4.74 Å². The normalized spacial score (nSPS) is 25.5. The molecule has 1 unspecified atom stereocenters. The summed E-state index contributed by atoms with van der Waals surface area (Å²) in [5.74, 6) is 0.00394. The molecule has 0 spiro atoms. The zero-order valence-corrected chi connectivity index (χ0v) is 9.67. The van der Waals surface area contributed by atoms with Crippen molar-refractivity contribution in [3.8, 4) is 0 Å². The molecule has 0 saturated carbocycles. The molecule has 0 aliphatic heterocycles. The molecule has 16 heavy (non-hydrogen) atoms. The van der Waals surface area contributed by atoms with Crippen molar-refractivity contribution in [2.45, 2.75) is 38.3 Å². The molecule has 5 heteroatoms. The minimum absolute atomic E-state index is 0.00394. The zero-order chi connectivity index (χ0) is 12.1. The van der Waals surface area contributed by atoms with Gasteiger partial charge in [-0.3, -0.25) is 5.21 Å². The molecule has 0 aromatic carbocycles. The summed E-state index contributed by atoms with van der Waals surface area (Å²) < 4.78 is 4.41. The van der Waals surface area contributed by atoms with Crippen molar-refractivity contribution in [1.82, 2.24) is 5.06 Å². The molecule has 3 atom stereocenters. The first-order chi connectivity index (χ1) is 7.60. The Labute approximate surface area is 95.3 Å². The number of hydroxylamine groups is 2. The van der Waals surface area contributed by atoms with Crippen LogP contribution in [0.25, 0.3) is 0 Å². The van der Waals surface area contributed by atoms with Crippen molar-refractivity contribution in [3.63, 3.8) is 0 Å². The standard InChI is InChI=1S/C11H19NO4/c1-3-4-10(13)8-5-6-9(7-8)12(15)11(14)16-2/h5-6,8-10,13,15H,3-4,7H2,1-2H3/t8-,9+,10?/m1/s1. The second-order valence-corrected chi connectivity index (χ2v) is 4.02. The van der Waals surface area contributed by atoms with Crippen LogP contribution in [0.15, 0.2) is 12.2 Å². The van der Waals surface area contributed by atoms with Crippen LogP contribution in [0.3, 0.4) is 0 Å². The van der Waals surface area contributed by atoms with Gasteiger partial charge in [0, 0.05) is 5.92 Å². The van der Waals surface area contributed by atoms with Gasteiger partial charge >= 0.3 is 6.09 Å². The Hall–Kier alpha value is -1.07. The number of ether oxygens (including phenoxy) is 1. The molecule has 1 amide bonds. The molecular formula is C11H19NO4. The van der Waals surface area contributed by atoms with Gasteiger partial charge in [0.25, 0.3) is 0 Å². The first-order valence-electron chi connectivity index (χ1n) is 5.52. The summed E-state index contributed by atoms with van der Waals surface area (Å²) >= 11 is 0. The molecule has 2 N–H and O–H groups in total. The van der Waals surface area contributed by atoms with Gasteiger partial charge in [-0.25, -0.2) is 4.79 Å². The Morgan fingerprint density at radius 1 is 1.62 bits per heavy atom. The first kappa shape index (κ1) is 13.0. The van der Waals surface area contributed by atoms with Crippen molar-refractivity contribution in [2.24, 2.45) is 5.92 Å². The number of aliphatic hydroxyl groups excluding tert-OH is 1. The Balaban J connectivity index is 2.47.